The highest BCUT2D eigenvalue weighted by atomic mass is 16.6. The van der Waals surface area contributed by atoms with E-state index in [0.717, 1.165) is 77.7 Å². The molecule has 1 aliphatic rings. The Morgan fingerprint density at radius 3 is 2.52 bits per heavy atom. The van der Waals surface area contributed by atoms with Gasteiger partial charge in [-0.05, 0) is 102 Å². The van der Waals surface area contributed by atoms with Gasteiger partial charge < -0.3 is 24.6 Å². The van der Waals surface area contributed by atoms with Crippen LogP contribution in [0.4, 0.5) is 10.5 Å². The standard InChI is InChI=1S/C33H46N4O3/c1-8-36(9-2)18-10-11-23(3)34-31-27-14-12-25(21-30(27)35-29-15-13-26(39-7)22-28(29)31)24-16-19-37(20-17-24)32(38)40-33(4,5)6/h12-16,21-23H,8-11,17-20H2,1-7H3,(H,34,35). The van der Waals surface area contributed by atoms with E-state index in [1.807, 2.05) is 32.9 Å². The Morgan fingerprint density at radius 2 is 1.88 bits per heavy atom. The van der Waals surface area contributed by atoms with Crippen molar-refractivity contribution in [3.8, 4) is 5.75 Å². The van der Waals surface area contributed by atoms with E-state index < -0.39 is 5.60 Å². The average molecular weight is 547 g/mol. The lowest BCUT2D eigenvalue weighted by Crippen LogP contribution is -2.39. The van der Waals surface area contributed by atoms with Gasteiger partial charge in [0.15, 0.2) is 0 Å². The zero-order chi connectivity index (χ0) is 28.9. The number of rotatable bonds is 10. The van der Waals surface area contributed by atoms with E-state index in [2.05, 4.69) is 61.3 Å². The fourth-order valence-electron chi connectivity index (χ4n) is 5.31. The molecule has 4 rings (SSSR count). The fraction of sp³-hybridized carbons (Fsp3) is 0.515. The van der Waals surface area contributed by atoms with Gasteiger partial charge in [-0.25, -0.2) is 9.78 Å². The highest BCUT2D eigenvalue weighted by molar-refractivity contribution is 6.08. The number of hydrogen-bond donors (Lipinski definition) is 1. The Labute approximate surface area is 239 Å². The van der Waals surface area contributed by atoms with E-state index in [4.69, 9.17) is 14.5 Å². The largest absolute Gasteiger partial charge is 0.497 e. The molecule has 216 valence electrons. The minimum Gasteiger partial charge on any atom is -0.497 e. The molecule has 2 aromatic carbocycles. The van der Waals surface area contributed by atoms with Crippen molar-refractivity contribution >= 4 is 39.2 Å². The number of amides is 1. The van der Waals surface area contributed by atoms with Crippen molar-refractivity contribution in [2.45, 2.75) is 72.4 Å². The van der Waals surface area contributed by atoms with E-state index >= 15 is 0 Å². The normalized spacial score (nSPS) is 14.9. The monoisotopic (exact) mass is 546 g/mol. The van der Waals surface area contributed by atoms with Crippen LogP contribution in [0.5, 0.6) is 5.75 Å². The zero-order valence-corrected chi connectivity index (χ0v) is 25.3. The SMILES string of the molecule is CCN(CC)CCCC(C)Nc1c2ccc(C3=CCN(C(=O)OC(C)(C)C)CC3)cc2nc2ccc(OC)cc12. The van der Waals surface area contributed by atoms with Crippen molar-refractivity contribution in [2.24, 2.45) is 0 Å². The Morgan fingerprint density at radius 1 is 1.10 bits per heavy atom. The second-order valence-electron chi connectivity index (χ2n) is 11.7. The van der Waals surface area contributed by atoms with E-state index in [1.165, 1.54) is 5.57 Å². The van der Waals surface area contributed by atoms with Crippen LogP contribution in [-0.4, -0.2) is 72.4 Å². The maximum absolute atomic E-state index is 12.5. The number of aromatic nitrogens is 1. The number of carbonyl (C=O) groups is 1. The summed E-state index contributed by atoms with van der Waals surface area (Å²) in [7, 11) is 1.70. The first kappa shape index (κ1) is 29.7. The summed E-state index contributed by atoms with van der Waals surface area (Å²) in [6, 6.07) is 12.9. The molecule has 7 nitrogen and oxygen atoms in total. The molecule has 2 heterocycles. The van der Waals surface area contributed by atoms with Gasteiger partial charge in [-0.3, -0.25) is 0 Å². The molecule has 0 saturated heterocycles. The van der Waals surface area contributed by atoms with Crippen LogP contribution in [0.2, 0.25) is 0 Å². The molecule has 0 aliphatic carbocycles. The molecular formula is C33H46N4O3. The van der Waals surface area contributed by atoms with Crippen LogP contribution in [0, 0.1) is 0 Å². The summed E-state index contributed by atoms with van der Waals surface area (Å²) in [5.41, 5.74) is 4.90. The lowest BCUT2D eigenvalue weighted by molar-refractivity contribution is 0.0270. The number of nitrogens with zero attached hydrogens (tertiary/aromatic N) is 3. The lowest BCUT2D eigenvalue weighted by Gasteiger charge is -2.29. The third-order valence-electron chi connectivity index (χ3n) is 7.61. The van der Waals surface area contributed by atoms with Crippen LogP contribution in [-0.2, 0) is 4.74 Å². The van der Waals surface area contributed by atoms with Crippen LogP contribution in [0.1, 0.15) is 66.4 Å². The first-order valence-electron chi connectivity index (χ1n) is 14.7. The summed E-state index contributed by atoms with van der Waals surface area (Å²) >= 11 is 0. The van der Waals surface area contributed by atoms with Gasteiger partial charge in [0.2, 0.25) is 0 Å². The van der Waals surface area contributed by atoms with Gasteiger partial charge >= 0.3 is 6.09 Å². The van der Waals surface area contributed by atoms with Gasteiger partial charge in [-0.15, -0.1) is 0 Å². The molecule has 1 aromatic heterocycles. The molecule has 7 heteroatoms. The molecule has 1 N–H and O–H groups in total. The molecule has 0 bridgehead atoms. The molecule has 0 spiro atoms. The number of carbonyl (C=O) groups excluding carboxylic acids is 1. The molecule has 1 atom stereocenters. The number of anilines is 1. The number of hydrogen-bond acceptors (Lipinski definition) is 6. The molecule has 1 amide bonds. The second-order valence-corrected chi connectivity index (χ2v) is 11.7. The second kappa shape index (κ2) is 12.9. The summed E-state index contributed by atoms with van der Waals surface area (Å²) < 4.78 is 11.1. The molecular weight excluding hydrogens is 500 g/mol. The Bertz CT molecular complexity index is 1360. The lowest BCUT2D eigenvalue weighted by atomic mass is 9.97. The number of fused-ring (bicyclic) bond motifs is 2. The van der Waals surface area contributed by atoms with Gasteiger partial charge in [0.05, 0.1) is 23.8 Å². The zero-order valence-electron chi connectivity index (χ0n) is 25.3. The van der Waals surface area contributed by atoms with Gasteiger partial charge in [0.1, 0.15) is 11.4 Å². The highest BCUT2D eigenvalue weighted by Crippen LogP contribution is 2.36. The summed E-state index contributed by atoms with van der Waals surface area (Å²) in [4.78, 5) is 21.8. The van der Waals surface area contributed by atoms with Gasteiger partial charge in [0.25, 0.3) is 0 Å². The molecule has 0 radical (unpaired) electrons. The maximum atomic E-state index is 12.5. The summed E-state index contributed by atoms with van der Waals surface area (Å²) in [6.07, 6.45) is 4.90. The number of benzene rings is 2. The van der Waals surface area contributed by atoms with Crippen LogP contribution >= 0.6 is 0 Å². The molecule has 40 heavy (non-hydrogen) atoms. The van der Waals surface area contributed by atoms with Crippen molar-refractivity contribution in [3.63, 3.8) is 0 Å². The van der Waals surface area contributed by atoms with Gasteiger partial charge in [-0.1, -0.05) is 32.1 Å². The smallest absolute Gasteiger partial charge is 0.410 e. The number of nitrogens with one attached hydrogen (secondary N) is 1. The topological polar surface area (TPSA) is 66.9 Å². The van der Waals surface area contributed by atoms with Crippen molar-refractivity contribution in [1.82, 2.24) is 14.8 Å². The Balaban J connectivity index is 1.61. The predicted molar refractivity (Wildman–Crippen MR) is 166 cm³/mol. The number of pyridine rings is 1. The highest BCUT2D eigenvalue weighted by Gasteiger charge is 2.24. The molecule has 0 saturated carbocycles. The third kappa shape index (κ3) is 7.25. The van der Waals surface area contributed by atoms with Crippen molar-refractivity contribution in [2.75, 3.05) is 45.2 Å². The van der Waals surface area contributed by atoms with E-state index in [-0.39, 0.29) is 6.09 Å². The van der Waals surface area contributed by atoms with Gasteiger partial charge in [0, 0.05) is 29.9 Å². The maximum Gasteiger partial charge on any atom is 0.410 e. The average Bonchev–Trinajstić information content (AvgIpc) is 2.94. The van der Waals surface area contributed by atoms with Crippen molar-refractivity contribution in [3.05, 3.63) is 48.0 Å². The number of ether oxygens (including phenoxy) is 2. The molecule has 1 aliphatic heterocycles. The van der Waals surface area contributed by atoms with Crippen LogP contribution in [0.25, 0.3) is 27.4 Å². The number of methoxy groups -OCH3 is 1. The van der Waals surface area contributed by atoms with Crippen LogP contribution in [0.15, 0.2) is 42.5 Å². The van der Waals surface area contributed by atoms with Gasteiger partial charge in [-0.2, -0.15) is 0 Å². The molecule has 0 fully saturated rings. The summed E-state index contributed by atoms with van der Waals surface area (Å²) in [5, 5.41) is 6.01. The fourth-order valence-corrected chi connectivity index (χ4v) is 5.31. The van der Waals surface area contributed by atoms with Crippen molar-refractivity contribution < 1.29 is 14.3 Å². The van der Waals surface area contributed by atoms with Crippen LogP contribution < -0.4 is 10.1 Å². The summed E-state index contributed by atoms with van der Waals surface area (Å²) in [6.45, 7) is 16.9. The van der Waals surface area contributed by atoms with E-state index in [9.17, 15) is 4.79 Å². The minimum atomic E-state index is -0.494. The third-order valence-corrected chi connectivity index (χ3v) is 7.61. The first-order chi connectivity index (χ1) is 19.1. The molecule has 1 unspecified atom stereocenters. The van der Waals surface area contributed by atoms with Crippen LogP contribution in [0.3, 0.4) is 0 Å². The molecule has 3 aromatic rings. The Kier molecular flexibility index (Phi) is 9.56. The quantitative estimate of drug-likeness (QED) is 0.268. The van der Waals surface area contributed by atoms with Crippen molar-refractivity contribution in [1.29, 1.82) is 0 Å². The Hall–Kier alpha value is -3.32. The summed E-state index contributed by atoms with van der Waals surface area (Å²) in [5.74, 6) is 0.824. The minimum absolute atomic E-state index is 0.258. The van der Waals surface area contributed by atoms with E-state index in [0.29, 0.717) is 19.1 Å². The first-order valence-corrected chi connectivity index (χ1v) is 14.7. The predicted octanol–water partition coefficient (Wildman–Crippen LogP) is 7.34. The van der Waals surface area contributed by atoms with E-state index in [1.54, 1.807) is 12.0 Å².